The predicted octanol–water partition coefficient (Wildman–Crippen LogP) is 5.01. The third kappa shape index (κ3) is 2.87. The van der Waals surface area contributed by atoms with Crippen LogP contribution in [0.25, 0.3) is 11.1 Å². The van der Waals surface area contributed by atoms with Crippen molar-refractivity contribution in [3.63, 3.8) is 0 Å². The molecule has 0 bridgehead atoms. The van der Waals surface area contributed by atoms with Gasteiger partial charge < -0.3 is 15.2 Å². The second kappa shape index (κ2) is 6.40. The highest BCUT2D eigenvalue weighted by Gasteiger charge is 2.15. The quantitative estimate of drug-likeness (QED) is 0.686. The SMILES string of the molecule is CCN(c1ccc(N)cc1)c1cc(-c2c(C)noc2C)ccc1C. The molecule has 0 atom stereocenters. The van der Waals surface area contributed by atoms with E-state index in [2.05, 4.69) is 54.2 Å². The fourth-order valence-corrected chi connectivity index (χ4v) is 3.10. The van der Waals surface area contributed by atoms with Gasteiger partial charge in [0.15, 0.2) is 0 Å². The molecule has 24 heavy (non-hydrogen) atoms. The number of nitrogens with two attached hydrogens (primary N) is 1. The van der Waals surface area contributed by atoms with E-state index in [1.165, 1.54) is 11.3 Å². The minimum Gasteiger partial charge on any atom is -0.399 e. The molecule has 0 radical (unpaired) electrons. The number of aryl methyl sites for hydroxylation is 3. The van der Waals surface area contributed by atoms with E-state index in [1.807, 2.05) is 26.0 Å². The van der Waals surface area contributed by atoms with Crippen LogP contribution in [0, 0.1) is 20.8 Å². The van der Waals surface area contributed by atoms with Crippen LogP contribution in [0.1, 0.15) is 23.9 Å². The van der Waals surface area contributed by atoms with Crippen molar-refractivity contribution in [1.29, 1.82) is 0 Å². The summed E-state index contributed by atoms with van der Waals surface area (Å²) in [6, 6.07) is 14.5. The van der Waals surface area contributed by atoms with E-state index in [1.54, 1.807) is 0 Å². The van der Waals surface area contributed by atoms with Crippen LogP contribution in [-0.4, -0.2) is 11.7 Å². The van der Waals surface area contributed by atoms with Crippen molar-refractivity contribution in [1.82, 2.24) is 5.16 Å². The summed E-state index contributed by atoms with van der Waals surface area (Å²) in [4.78, 5) is 2.29. The first-order valence-corrected chi connectivity index (χ1v) is 8.18. The van der Waals surface area contributed by atoms with Gasteiger partial charge in [-0.1, -0.05) is 17.3 Å². The average Bonchev–Trinajstić information content (AvgIpc) is 2.90. The van der Waals surface area contributed by atoms with Gasteiger partial charge in [-0.15, -0.1) is 0 Å². The Morgan fingerprint density at radius 3 is 2.33 bits per heavy atom. The molecule has 0 saturated carbocycles. The Bertz CT molecular complexity index is 830. The van der Waals surface area contributed by atoms with E-state index >= 15 is 0 Å². The van der Waals surface area contributed by atoms with Gasteiger partial charge in [-0.2, -0.15) is 0 Å². The maximum atomic E-state index is 5.82. The van der Waals surface area contributed by atoms with Crippen molar-refractivity contribution >= 4 is 17.1 Å². The van der Waals surface area contributed by atoms with E-state index in [9.17, 15) is 0 Å². The van der Waals surface area contributed by atoms with Crippen molar-refractivity contribution < 1.29 is 4.52 Å². The van der Waals surface area contributed by atoms with Gasteiger partial charge in [-0.3, -0.25) is 0 Å². The lowest BCUT2D eigenvalue weighted by Gasteiger charge is -2.26. The van der Waals surface area contributed by atoms with Crippen LogP contribution in [0.3, 0.4) is 0 Å². The number of nitrogens with zero attached hydrogens (tertiary/aromatic N) is 2. The van der Waals surface area contributed by atoms with E-state index < -0.39 is 0 Å². The zero-order valence-corrected chi connectivity index (χ0v) is 14.6. The first-order chi connectivity index (χ1) is 11.5. The molecule has 0 aliphatic rings. The maximum Gasteiger partial charge on any atom is 0.141 e. The molecule has 0 spiro atoms. The van der Waals surface area contributed by atoms with Gasteiger partial charge in [0, 0.05) is 29.2 Å². The Kier molecular flexibility index (Phi) is 4.30. The first kappa shape index (κ1) is 16.1. The van der Waals surface area contributed by atoms with Gasteiger partial charge in [0.2, 0.25) is 0 Å². The standard InChI is InChI=1S/C20H23N3O/c1-5-23(18-10-8-17(21)9-11-18)19-12-16(7-6-13(19)2)20-14(3)22-24-15(20)4/h6-12H,5,21H2,1-4H3. The molecule has 0 aliphatic heterocycles. The van der Waals surface area contributed by atoms with E-state index in [0.717, 1.165) is 40.5 Å². The number of rotatable bonds is 4. The van der Waals surface area contributed by atoms with Gasteiger partial charge in [0.25, 0.3) is 0 Å². The molecule has 0 unspecified atom stereocenters. The van der Waals surface area contributed by atoms with E-state index in [4.69, 9.17) is 10.3 Å². The highest BCUT2D eigenvalue weighted by Crippen LogP contribution is 2.34. The smallest absolute Gasteiger partial charge is 0.141 e. The number of aromatic nitrogens is 1. The second-order valence-corrected chi connectivity index (χ2v) is 6.04. The van der Waals surface area contributed by atoms with Crippen molar-refractivity contribution in [2.45, 2.75) is 27.7 Å². The predicted molar refractivity (Wildman–Crippen MR) is 99.7 cm³/mol. The fraction of sp³-hybridized carbons (Fsp3) is 0.250. The van der Waals surface area contributed by atoms with Crippen LogP contribution in [0.2, 0.25) is 0 Å². The molecule has 2 N–H and O–H groups in total. The maximum absolute atomic E-state index is 5.82. The summed E-state index contributed by atoms with van der Waals surface area (Å²) < 4.78 is 5.33. The third-order valence-electron chi connectivity index (χ3n) is 4.34. The Hall–Kier alpha value is -2.75. The zero-order valence-electron chi connectivity index (χ0n) is 14.6. The van der Waals surface area contributed by atoms with Crippen LogP contribution in [0.5, 0.6) is 0 Å². The topological polar surface area (TPSA) is 55.3 Å². The first-order valence-electron chi connectivity index (χ1n) is 8.18. The molecule has 0 saturated heterocycles. The van der Waals surface area contributed by atoms with Gasteiger partial charge in [-0.05, 0) is 69.2 Å². The molecule has 1 aromatic heterocycles. The lowest BCUT2D eigenvalue weighted by atomic mass is 10.0. The molecule has 3 rings (SSSR count). The molecule has 0 aliphatic carbocycles. The minimum atomic E-state index is 0.774. The van der Waals surface area contributed by atoms with Crippen molar-refractivity contribution in [2.75, 3.05) is 17.2 Å². The highest BCUT2D eigenvalue weighted by atomic mass is 16.5. The summed E-state index contributed by atoms with van der Waals surface area (Å²) in [5.74, 6) is 0.845. The van der Waals surface area contributed by atoms with Crippen LogP contribution in [0.15, 0.2) is 47.0 Å². The van der Waals surface area contributed by atoms with Gasteiger partial charge in [0.1, 0.15) is 5.76 Å². The van der Waals surface area contributed by atoms with E-state index in [0.29, 0.717) is 0 Å². The molecule has 4 nitrogen and oxygen atoms in total. The Morgan fingerprint density at radius 1 is 1.04 bits per heavy atom. The summed E-state index contributed by atoms with van der Waals surface area (Å²) in [6.07, 6.45) is 0. The molecule has 3 aromatic rings. The van der Waals surface area contributed by atoms with Crippen molar-refractivity contribution in [2.24, 2.45) is 0 Å². The monoisotopic (exact) mass is 321 g/mol. The second-order valence-electron chi connectivity index (χ2n) is 6.04. The van der Waals surface area contributed by atoms with Crippen LogP contribution < -0.4 is 10.6 Å². The van der Waals surface area contributed by atoms with Gasteiger partial charge in [0.05, 0.1) is 5.69 Å². The van der Waals surface area contributed by atoms with Gasteiger partial charge in [-0.25, -0.2) is 0 Å². The molecule has 4 heteroatoms. The molecule has 0 fully saturated rings. The Morgan fingerprint density at radius 2 is 1.75 bits per heavy atom. The number of benzene rings is 2. The molecular formula is C20H23N3O. The van der Waals surface area contributed by atoms with Crippen molar-refractivity contribution in [3.05, 3.63) is 59.5 Å². The number of nitrogen functional groups attached to an aromatic ring is 1. The summed E-state index contributed by atoms with van der Waals surface area (Å²) in [6.45, 7) is 9.08. The highest BCUT2D eigenvalue weighted by molar-refractivity contribution is 5.76. The number of anilines is 3. The molecule has 2 aromatic carbocycles. The molecule has 124 valence electrons. The molecule has 0 amide bonds. The summed E-state index contributed by atoms with van der Waals surface area (Å²) in [5, 5.41) is 4.08. The Labute approximate surface area is 142 Å². The van der Waals surface area contributed by atoms with E-state index in [-0.39, 0.29) is 0 Å². The van der Waals surface area contributed by atoms with Crippen LogP contribution in [0.4, 0.5) is 17.1 Å². The number of hydrogen-bond donors (Lipinski definition) is 1. The largest absolute Gasteiger partial charge is 0.399 e. The average molecular weight is 321 g/mol. The summed E-state index contributed by atoms with van der Waals surface area (Å²) >= 11 is 0. The van der Waals surface area contributed by atoms with Crippen LogP contribution >= 0.6 is 0 Å². The molecular weight excluding hydrogens is 298 g/mol. The third-order valence-corrected chi connectivity index (χ3v) is 4.34. The fourth-order valence-electron chi connectivity index (χ4n) is 3.10. The summed E-state index contributed by atoms with van der Waals surface area (Å²) in [5.41, 5.74) is 13.2. The molecule has 1 heterocycles. The normalized spacial score (nSPS) is 10.8. The Balaban J connectivity index is 2.09. The lowest BCUT2D eigenvalue weighted by Crippen LogP contribution is -2.17. The number of hydrogen-bond acceptors (Lipinski definition) is 4. The summed E-state index contributed by atoms with van der Waals surface area (Å²) in [7, 11) is 0. The van der Waals surface area contributed by atoms with Gasteiger partial charge >= 0.3 is 0 Å². The minimum absolute atomic E-state index is 0.774. The van der Waals surface area contributed by atoms with Crippen LogP contribution in [-0.2, 0) is 0 Å². The zero-order chi connectivity index (χ0) is 17.3. The van der Waals surface area contributed by atoms with Crippen molar-refractivity contribution in [3.8, 4) is 11.1 Å². The lowest BCUT2D eigenvalue weighted by molar-refractivity contribution is 0.393.